The molecule has 1 N–H and O–H groups in total. The van der Waals surface area contributed by atoms with Crippen molar-refractivity contribution >= 4 is 11.6 Å². The maximum Gasteiger partial charge on any atom is 0.311 e. The Morgan fingerprint density at radius 3 is 2.81 bits per heavy atom. The standard InChI is InChI=1S/C17H18N6O4/c24-17(18-8-3-10-21-11-4-9-19-21)14-7-12-22(20-14)13-27-16-6-2-1-5-15(16)23(25)26/h1-2,4-7,9,11-12H,3,8,10,13H2,(H,18,24). The topological polar surface area (TPSA) is 117 Å². The summed E-state index contributed by atoms with van der Waals surface area (Å²) in [7, 11) is 0. The van der Waals surface area contributed by atoms with Gasteiger partial charge in [-0.15, -0.1) is 0 Å². The minimum atomic E-state index is -0.513. The Hall–Kier alpha value is -3.69. The SMILES string of the molecule is O=C(NCCCn1cccn1)c1ccn(COc2ccccc2[N+](=O)[O-])n1. The largest absolute Gasteiger partial charge is 0.464 e. The lowest BCUT2D eigenvalue weighted by molar-refractivity contribution is -0.386. The molecule has 0 saturated carbocycles. The number of aromatic nitrogens is 4. The van der Waals surface area contributed by atoms with E-state index in [1.54, 1.807) is 35.3 Å². The number of para-hydroxylation sites is 2. The van der Waals surface area contributed by atoms with Crippen molar-refractivity contribution in [3.05, 3.63) is 70.8 Å². The van der Waals surface area contributed by atoms with Crippen LogP contribution in [0.25, 0.3) is 0 Å². The molecule has 3 rings (SSSR count). The number of carbonyl (C=O) groups is 1. The van der Waals surface area contributed by atoms with Crippen LogP contribution in [-0.2, 0) is 13.3 Å². The summed E-state index contributed by atoms with van der Waals surface area (Å²) in [5, 5.41) is 22.0. The van der Waals surface area contributed by atoms with Crippen molar-refractivity contribution in [1.29, 1.82) is 0 Å². The summed E-state index contributed by atoms with van der Waals surface area (Å²) in [4.78, 5) is 22.6. The van der Waals surface area contributed by atoms with Crippen LogP contribution < -0.4 is 10.1 Å². The number of amides is 1. The zero-order chi connectivity index (χ0) is 19.1. The zero-order valence-corrected chi connectivity index (χ0v) is 14.4. The number of hydrogen-bond acceptors (Lipinski definition) is 6. The summed E-state index contributed by atoms with van der Waals surface area (Å²) >= 11 is 0. The monoisotopic (exact) mass is 370 g/mol. The second kappa shape index (κ2) is 8.61. The third-order valence-electron chi connectivity index (χ3n) is 3.70. The van der Waals surface area contributed by atoms with E-state index in [9.17, 15) is 14.9 Å². The van der Waals surface area contributed by atoms with Gasteiger partial charge in [0.05, 0.1) is 4.92 Å². The number of rotatable bonds is 9. The number of nitrogens with one attached hydrogen (secondary N) is 1. The van der Waals surface area contributed by atoms with Gasteiger partial charge in [0.2, 0.25) is 0 Å². The van der Waals surface area contributed by atoms with Gasteiger partial charge < -0.3 is 10.1 Å². The molecule has 0 unspecified atom stereocenters. The number of hydrogen-bond donors (Lipinski definition) is 1. The van der Waals surface area contributed by atoms with E-state index in [0.29, 0.717) is 13.1 Å². The molecule has 140 valence electrons. The Bertz CT molecular complexity index is 906. The van der Waals surface area contributed by atoms with Crippen LogP contribution in [0.2, 0.25) is 0 Å². The Kier molecular flexibility index (Phi) is 5.77. The highest BCUT2D eigenvalue weighted by molar-refractivity contribution is 5.92. The van der Waals surface area contributed by atoms with Crippen molar-refractivity contribution in [2.24, 2.45) is 0 Å². The van der Waals surface area contributed by atoms with Gasteiger partial charge in [-0.05, 0) is 24.6 Å². The smallest absolute Gasteiger partial charge is 0.311 e. The molecule has 0 aliphatic rings. The highest BCUT2D eigenvalue weighted by atomic mass is 16.6. The third-order valence-corrected chi connectivity index (χ3v) is 3.70. The summed E-state index contributed by atoms with van der Waals surface area (Å²) in [5.74, 6) is -0.150. The molecule has 1 aromatic carbocycles. The summed E-state index contributed by atoms with van der Waals surface area (Å²) in [6, 6.07) is 9.49. The summed E-state index contributed by atoms with van der Waals surface area (Å²) in [6.07, 6.45) is 5.89. The average molecular weight is 370 g/mol. The number of ether oxygens (including phenoxy) is 1. The molecule has 0 atom stereocenters. The fraction of sp³-hybridized carbons (Fsp3) is 0.235. The van der Waals surface area contributed by atoms with Gasteiger partial charge in [-0.3, -0.25) is 19.6 Å². The summed E-state index contributed by atoms with van der Waals surface area (Å²) in [6.45, 7) is 1.17. The van der Waals surface area contributed by atoms with E-state index in [2.05, 4.69) is 15.5 Å². The first-order valence-electron chi connectivity index (χ1n) is 8.29. The molecule has 0 aliphatic heterocycles. The van der Waals surface area contributed by atoms with Gasteiger partial charge in [0.15, 0.2) is 12.5 Å². The molecular weight excluding hydrogens is 352 g/mol. The van der Waals surface area contributed by atoms with E-state index in [4.69, 9.17) is 4.74 Å². The van der Waals surface area contributed by atoms with Gasteiger partial charge in [0, 0.05) is 37.7 Å². The fourth-order valence-electron chi connectivity index (χ4n) is 2.39. The van der Waals surface area contributed by atoms with E-state index < -0.39 is 4.92 Å². The molecule has 0 fully saturated rings. The first-order valence-corrected chi connectivity index (χ1v) is 8.29. The fourth-order valence-corrected chi connectivity index (χ4v) is 2.39. The maximum atomic E-state index is 12.1. The van der Waals surface area contributed by atoms with Crippen molar-refractivity contribution in [3.8, 4) is 5.75 Å². The molecular formula is C17H18N6O4. The number of nitrogens with zero attached hydrogens (tertiary/aromatic N) is 5. The first-order chi connectivity index (χ1) is 13.1. The molecule has 0 aliphatic carbocycles. The molecule has 2 aromatic heterocycles. The van der Waals surface area contributed by atoms with Crippen molar-refractivity contribution in [2.75, 3.05) is 6.54 Å². The number of nitro benzene ring substituents is 1. The normalized spacial score (nSPS) is 10.5. The van der Waals surface area contributed by atoms with Crippen LogP contribution >= 0.6 is 0 Å². The minimum Gasteiger partial charge on any atom is -0.464 e. The van der Waals surface area contributed by atoms with Gasteiger partial charge in [-0.2, -0.15) is 10.2 Å². The van der Waals surface area contributed by atoms with Gasteiger partial charge in [-0.1, -0.05) is 12.1 Å². The molecule has 3 aromatic rings. The average Bonchev–Trinajstić information content (AvgIpc) is 3.35. The third kappa shape index (κ3) is 4.91. The molecule has 0 radical (unpaired) electrons. The van der Waals surface area contributed by atoms with Gasteiger partial charge in [0.1, 0.15) is 5.69 Å². The Labute approximate surface area is 154 Å². The van der Waals surface area contributed by atoms with Gasteiger partial charge >= 0.3 is 5.69 Å². The van der Waals surface area contributed by atoms with Crippen molar-refractivity contribution in [3.63, 3.8) is 0 Å². The summed E-state index contributed by atoms with van der Waals surface area (Å²) in [5.41, 5.74) is 0.125. The second-order valence-corrected chi connectivity index (χ2v) is 5.62. The predicted molar refractivity (Wildman–Crippen MR) is 95.1 cm³/mol. The lowest BCUT2D eigenvalue weighted by atomic mass is 10.3. The molecule has 10 nitrogen and oxygen atoms in total. The highest BCUT2D eigenvalue weighted by Crippen LogP contribution is 2.25. The van der Waals surface area contributed by atoms with Crippen LogP contribution in [0.15, 0.2) is 55.0 Å². The zero-order valence-electron chi connectivity index (χ0n) is 14.4. The Morgan fingerprint density at radius 2 is 2.04 bits per heavy atom. The van der Waals surface area contributed by atoms with Crippen LogP contribution in [0.4, 0.5) is 5.69 Å². The molecule has 2 heterocycles. The quantitative estimate of drug-likeness (QED) is 0.349. The van der Waals surface area contributed by atoms with Crippen molar-refractivity contribution in [2.45, 2.75) is 19.7 Å². The van der Waals surface area contributed by atoms with Crippen molar-refractivity contribution < 1.29 is 14.5 Å². The maximum absolute atomic E-state index is 12.1. The number of aryl methyl sites for hydroxylation is 1. The Balaban J connectivity index is 1.48. The molecule has 0 spiro atoms. The number of benzene rings is 1. The molecule has 10 heteroatoms. The van der Waals surface area contributed by atoms with Crippen LogP contribution in [0, 0.1) is 10.1 Å². The second-order valence-electron chi connectivity index (χ2n) is 5.62. The van der Waals surface area contributed by atoms with E-state index in [-0.39, 0.29) is 29.8 Å². The lowest BCUT2D eigenvalue weighted by Crippen LogP contribution is -2.26. The van der Waals surface area contributed by atoms with Crippen LogP contribution in [0.3, 0.4) is 0 Å². The predicted octanol–water partition coefficient (Wildman–Crippen LogP) is 1.84. The molecule has 27 heavy (non-hydrogen) atoms. The van der Waals surface area contributed by atoms with Gasteiger partial charge in [-0.25, -0.2) is 4.68 Å². The van der Waals surface area contributed by atoms with E-state index in [1.807, 2.05) is 12.3 Å². The minimum absolute atomic E-state index is 0.0442. The number of carbonyl (C=O) groups excluding carboxylic acids is 1. The van der Waals surface area contributed by atoms with Crippen LogP contribution in [0.1, 0.15) is 16.9 Å². The highest BCUT2D eigenvalue weighted by Gasteiger charge is 2.14. The van der Waals surface area contributed by atoms with Crippen LogP contribution in [-0.4, -0.2) is 36.9 Å². The van der Waals surface area contributed by atoms with Crippen LogP contribution in [0.5, 0.6) is 5.75 Å². The molecule has 0 saturated heterocycles. The van der Waals surface area contributed by atoms with E-state index in [0.717, 1.165) is 6.42 Å². The molecule has 0 bridgehead atoms. The number of nitro groups is 1. The molecule has 1 amide bonds. The lowest BCUT2D eigenvalue weighted by Gasteiger charge is -2.06. The van der Waals surface area contributed by atoms with E-state index in [1.165, 1.54) is 16.8 Å². The Morgan fingerprint density at radius 1 is 1.19 bits per heavy atom. The van der Waals surface area contributed by atoms with Gasteiger partial charge in [0.25, 0.3) is 5.91 Å². The van der Waals surface area contributed by atoms with Crippen molar-refractivity contribution in [1.82, 2.24) is 24.9 Å². The van der Waals surface area contributed by atoms with E-state index >= 15 is 0 Å². The first kappa shape index (κ1) is 18.1. The summed E-state index contributed by atoms with van der Waals surface area (Å²) < 4.78 is 8.63.